The lowest BCUT2D eigenvalue weighted by molar-refractivity contribution is -0.897. The fraction of sp³-hybridized carbons (Fsp3) is 0.500. The third-order valence-corrected chi connectivity index (χ3v) is 4.01. The highest BCUT2D eigenvalue weighted by Crippen LogP contribution is 2.25. The van der Waals surface area contributed by atoms with Crippen molar-refractivity contribution < 1.29 is 32.7 Å². The lowest BCUT2D eigenvalue weighted by atomic mass is 9.97. The van der Waals surface area contributed by atoms with Crippen LogP contribution in [-0.4, -0.2) is 45.2 Å². The maximum atomic E-state index is 12.4. The van der Waals surface area contributed by atoms with Gasteiger partial charge in [0.2, 0.25) is 0 Å². The van der Waals surface area contributed by atoms with Gasteiger partial charge >= 0.3 is 12.6 Å². The van der Waals surface area contributed by atoms with Crippen LogP contribution >= 0.6 is 0 Å². The van der Waals surface area contributed by atoms with Gasteiger partial charge in [-0.15, -0.1) is 0 Å². The Hall–Kier alpha value is -2.22. The number of anilines is 1. The summed E-state index contributed by atoms with van der Waals surface area (Å²) in [5.74, 6) is -0.675. The highest BCUT2D eigenvalue weighted by Gasteiger charge is 2.29. The van der Waals surface area contributed by atoms with Gasteiger partial charge in [-0.25, -0.2) is 0 Å². The largest absolute Gasteiger partial charge is 0.469 e. The number of hydrogen-bond acceptors (Lipinski definition) is 4. The number of amides is 1. The fourth-order valence-corrected chi connectivity index (χ4v) is 2.80. The van der Waals surface area contributed by atoms with Crippen LogP contribution in [0.3, 0.4) is 0 Å². The number of benzene rings is 1. The molecule has 2 N–H and O–H groups in total. The number of quaternary nitrogens is 1. The van der Waals surface area contributed by atoms with E-state index >= 15 is 0 Å². The molecule has 2 rings (SSSR count). The van der Waals surface area contributed by atoms with Crippen molar-refractivity contribution in [3.05, 3.63) is 24.3 Å². The number of rotatable bonds is 6. The van der Waals surface area contributed by atoms with Crippen LogP contribution in [0.5, 0.6) is 5.75 Å². The van der Waals surface area contributed by atoms with Gasteiger partial charge in [-0.2, -0.15) is 8.78 Å². The third kappa shape index (κ3) is 5.16. The highest BCUT2D eigenvalue weighted by atomic mass is 19.3. The van der Waals surface area contributed by atoms with Crippen LogP contribution in [-0.2, 0) is 14.3 Å². The van der Waals surface area contributed by atoms with Crippen LogP contribution in [0.1, 0.15) is 12.8 Å². The minimum Gasteiger partial charge on any atom is -0.469 e. The van der Waals surface area contributed by atoms with E-state index in [-0.39, 0.29) is 35.8 Å². The van der Waals surface area contributed by atoms with Crippen molar-refractivity contribution in [2.75, 3.05) is 32.1 Å². The number of hydrogen-bond donors (Lipinski definition) is 2. The first-order chi connectivity index (χ1) is 11.5. The summed E-state index contributed by atoms with van der Waals surface area (Å²) in [6, 6.07) is 6.06. The summed E-state index contributed by atoms with van der Waals surface area (Å²) in [5.41, 5.74) is 0.214. The molecule has 0 aliphatic carbocycles. The van der Waals surface area contributed by atoms with Gasteiger partial charge in [-0.3, -0.25) is 9.59 Å². The lowest BCUT2D eigenvalue weighted by Gasteiger charge is -2.27. The molecule has 6 nitrogen and oxygen atoms in total. The van der Waals surface area contributed by atoms with Gasteiger partial charge in [0.1, 0.15) is 5.75 Å². The molecule has 1 aliphatic heterocycles. The topological polar surface area (TPSA) is 69.1 Å². The summed E-state index contributed by atoms with van der Waals surface area (Å²) < 4.78 is 33.8. The van der Waals surface area contributed by atoms with Crippen molar-refractivity contribution >= 4 is 17.6 Å². The second-order valence-electron chi connectivity index (χ2n) is 5.65. The maximum absolute atomic E-state index is 12.4. The Morgan fingerprint density at radius 3 is 2.58 bits per heavy atom. The maximum Gasteiger partial charge on any atom is 0.387 e. The average molecular weight is 343 g/mol. The predicted molar refractivity (Wildman–Crippen MR) is 82.0 cm³/mol. The number of halogens is 2. The summed E-state index contributed by atoms with van der Waals surface area (Å²) in [6.45, 7) is -1.38. The number of likely N-dealkylation sites (tertiary alicyclic amines) is 1. The molecular weight excluding hydrogens is 322 g/mol. The fourth-order valence-electron chi connectivity index (χ4n) is 2.80. The standard InChI is InChI=1S/C16H20F2N2O4/c1-23-15(22)11-6-8-20(9-7-11)10-14(21)19-12-4-2-3-5-13(12)24-16(17)18/h2-5,11,16H,6-10H2,1H3,(H,19,21)/p+1. The van der Waals surface area contributed by atoms with Crippen molar-refractivity contribution in [2.24, 2.45) is 5.92 Å². The summed E-state index contributed by atoms with van der Waals surface area (Å²) in [4.78, 5) is 24.6. The smallest absolute Gasteiger partial charge is 0.387 e. The van der Waals surface area contributed by atoms with E-state index in [2.05, 4.69) is 10.1 Å². The van der Waals surface area contributed by atoms with Gasteiger partial charge in [0, 0.05) is 12.8 Å². The molecular formula is C16H21F2N2O4+. The van der Waals surface area contributed by atoms with Gasteiger partial charge in [0.05, 0.1) is 31.8 Å². The molecule has 0 atom stereocenters. The van der Waals surface area contributed by atoms with Crippen molar-refractivity contribution in [1.82, 2.24) is 0 Å². The Labute approximate surface area is 138 Å². The van der Waals surface area contributed by atoms with Crippen LogP contribution in [0, 0.1) is 5.92 Å². The van der Waals surface area contributed by atoms with E-state index < -0.39 is 6.61 Å². The van der Waals surface area contributed by atoms with Gasteiger partial charge in [-0.1, -0.05) is 12.1 Å². The first-order valence-electron chi connectivity index (χ1n) is 7.74. The number of carbonyl (C=O) groups excluding carboxylic acids is 2. The second-order valence-corrected chi connectivity index (χ2v) is 5.65. The zero-order valence-corrected chi connectivity index (χ0v) is 13.4. The molecule has 1 amide bonds. The summed E-state index contributed by atoms with van der Waals surface area (Å²) in [6.07, 6.45) is 1.33. The second kappa shape index (κ2) is 8.58. The molecule has 8 heteroatoms. The number of nitrogens with one attached hydrogen (secondary N) is 2. The number of alkyl halides is 2. The Balaban J connectivity index is 1.85. The normalized spacial score (nSPS) is 20.5. The molecule has 1 saturated heterocycles. The van der Waals surface area contributed by atoms with E-state index in [9.17, 15) is 18.4 Å². The SMILES string of the molecule is COC(=O)C1CC[NH+](CC(=O)Nc2ccccc2OC(F)F)CC1. The van der Waals surface area contributed by atoms with E-state index in [1.165, 1.54) is 19.2 Å². The van der Waals surface area contributed by atoms with Gasteiger partial charge < -0.3 is 19.7 Å². The van der Waals surface area contributed by atoms with E-state index in [4.69, 9.17) is 4.74 Å². The Morgan fingerprint density at radius 1 is 1.29 bits per heavy atom. The van der Waals surface area contributed by atoms with Crippen LogP contribution in [0.15, 0.2) is 24.3 Å². The molecule has 0 unspecified atom stereocenters. The molecule has 1 heterocycles. The van der Waals surface area contributed by atoms with Gasteiger partial charge in [0.15, 0.2) is 6.54 Å². The van der Waals surface area contributed by atoms with Crippen LogP contribution in [0.25, 0.3) is 0 Å². The molecule has 1 aliphatic rings. The number of ether oxygens (including phenoxy) is 2. The number of methoxy groups -OCH3 is 1. The first-order valence-corrected chi connectivity index (χ1v) is 7.74. The van der Waals surface area contributed by atoms with Gasteiger partial charge in [0.25, 0.3) is 5.91 Å². The number of piperidine rings is 1. The quantitative estimate of drug-likeness (QED) is 0.746. The summed E-state index contributed by atoms with van der Waals surface area (Å²) >= 11 is 0. The predicted octanol–water partition coefficient (Wildman–Crippen LogP) is 0.694. The molecule has 0 bridgehead atoms. The zero-order chi connectivity index (χ0) is 17.5. The molecule has 132 valence electrons. The van der Waals surface area contributed by atoms with Crippen LogP contribution < -0.4 is 15.0 Å². The molecule has 24 heavy (non-hydrogen) atoms. The Kier molecular flexibility index (Phi) is 6.48. The van der Waals surface area contributed by atoms with Crippen LogP contribution in [0.2, 0.25) is 0 Å². The Bertz CT molecular complexity index is 575. The monoisotopic (exact) mass is 343 g/mol. The van der Waals surface area contributed by atoms with Crippen molar-refractivity contribution in [2.45, 2.75) is 19.5 Å². The van der Waals surface area contributed by atoms with E-state index in [0.29, 0.717) is 25.9 Å². The molecule has 0 saturated carbocycles. The summed E-state index contributed by atoms with van der Waals surface area (Å²) in [5, 5.41) is 2.60. The molecule has 0 radical (unpaired) electrons. The van der Waals surface area contributed by atoms with E-state index in [1.54, 1.807) is 12.1 Å². The molecule has 1 aromatic rings. The number of carbonyl (C=O) groups is 2. The van der Waals surface area contributed by atoms with Crippen molar-refractivity contribution in [1.29, 1.82) is 0 Å². The Morgan fingerprint density at radius 2 is 1.96 bits per heavy atom. The van der Waals surface area contributed by atoms with E-state index in [1.807, 2.05) is 0 Å². The minimum absolute atomic E-state index is 0.0692. The zero-order valence-electron chi connectivity index (χ0n) is 13.4. The lowest BCUT2D eigenvalue weighted by Crippen LogP contribution is -3.14. The third-order valence-electron chi connectivity index (χ3n) is 4.01. The van der Waals surface area contributed by atoms with E-state index in [0.717, 1.165) is 4.90 Å². The molecule has 0 spiro atoms. The van der Waals surface area contributed by atoms with Crippen molar-refractivity contribution in [3.8, 4) is 5.75 Å². The molecule has 1 fully saturated rings. The van der Waals surface area contributed by atoms with Gasteiger partial charge in [-0.05, 0) is 12.1 Å². The average Bonchev–Trinajstić information content (AvgIpc) is 2.56. The highest BCUT2D eigenvalue weighted by molar-refractivity contribution is 5.92. The van der Waals surface area contributed by atoms with Crippen molar-refractivity contribution in [3.63, 3.8) is 0 Å². The first kappa shape index (κ1) is 18.1. The minimum atomic E-state index is -2.95. The number of para-hydroxylation sites is 2. The molecule has 1 aromatic carbocycles. The molecule has 0 aromatic heterocycles. The number of esters is 1. The summed E-state index contributed by atoms with van der Waals surface area (Å²) in [7, 11) is 1.37. The van der Waals surface area contributed by atoms with Crippen LogP contribution in [0.4, 0.5) is 14.5 Å².